The number of amides is 2. The highest BCUT2D eigenvalue weighted by Gasteiger charge is 2.31. The number of fused-ring (bicyclic) bond motifs is 1. The minimum atomic E-state index is -3.92. The quantitative estimate of drug-likeness (QED) is 0.433. The van der Waals surface area contributed by atoms with Gasteiger partial charge in [0.15, 0.2) is 0 Å². The lowest BCUT2D eigenvalue weighted by molar-refractivity contribution is -0.141. The summed E-state index contributed by atoms with van der Waals surface area (Å²) in [6.45, 7) is 3.52. The first kappa shape index (κ1) is 27.8. The molecule has 0 aliphatic heterocycles. The normalized spacial score (nSPS) is 15.4. The third kappa shape index (κ3) is 6.60. The number of sulfonamides is 1. The summed E-state index contributed by atoms with van der Waals surface area (Å²) in [6.07, 6.45) is 5.23. The van der Waals surface area contributed by atoms with Crippen LogP contribution in [0.3, 0.4) is 0 Å². The lowest BCUT2D eigenvalue weighted by Crippen LogP contribution is -2.52. The first-order valence-electron chi connectivity index (χ1n) is 13.3. The fourth-order valence-electron chi connectivity index (χ4n) is 5.03. The van der Waals surface area contributed by atoms with Crippen LogP contribution in [0, 0.1) is 6.92 Å². The van der Waals surface area contributed by atoms with Crippen molar-refractivity contribution >= 4 is 32.6 Å². The average molecular weight is 536 g/mol. The summed E-state index contributed by atoms with van der Waals surface area (Å²) in [7, 11) is -2.52. The van der Waals surface area contributed by atoms with Gasteiger partial charge in [0.25, 0.3) is 0 Å². The second kappa shape index (κ2) is 12.1. The van der Waals surface area contributed by atoms with Crippen LogP contribution in [0.2, 0.25) is 0 Å². The Morgan fingerprint density at radius 1 is 0.947 bits per heavy atom. The summed E-state index contributed by atoms with van der Waals surface area (Å²) in [5.74, 6) is -0.636. The molecule has 1 aliphatic carbocycles. The largest absolute Gasteiger partial charge is 0.352 e. The van der Waals surface area contributed by atoms with Crippen molar-refractivity contribution in [2.24, 2.45) is 0 Å². The molecule has 4 rings (SSSR count). The van der Waals surface area contributed by atoms with E-state index >= 15 is 0 Å². The van der Waals surface area contributed by atoms with Gasteiger partial charge in [-0.25, -0.2) is 8.42 Å². The van der Waals surface area contributed by atoms with Gasteiger partial charge >= 0.3 is 0 Å². The number of rotatable bonds is 9. The third-order valence-electron chi connectivity index (χ3n) is 7.34. The molecular weight excluding hydrogens is 498 g/mol. The maximum Gasteiger partial charge on any atom is 0.243 e. The molecule has 0 bridgehead atoms. The van der Waals surface area contributed by atoms with Crippen molar-refractivity contribution in [3.05, 3.63) is 77.9 Å². The van der Waals surface area contributed by atoms with Crippen LogP contribution in [-0.4, -0.2) is 55.1 Å². The highest BCUT2D eigenvalue weighted by molar-refractivity contribution is 7.89. The molecule has 0 unspecified atom stereocenters. The molecular formula is C30H37N3O4S. The van der Waals surface area contributed by atoms with Crippen molar-refractivity contribution in [1.29, 1.82) is 0 Å². The van der Waals surface area contributed by atoms with Gasteiger partial charge in [0, 0.05) is 19.6 Å². The number of hydrogen-bond acceptors (Lipinski definition) is 4. The van der Waals surface area contributed by atoms with E-state index in [1.807, 2.05) is 55.5 Å². The molecule has 202 valence electrons. The van der Waals surface area contributed by atoms with Crippen molar-refractivity contribution in [1.82, 2.24) is 14.5 Å². The van der Waals surface area contributed by atoms with Crippen LogP contribution in [0.1, 0.15) is 50.2 Å². The van der Waals surface area contributed by atoms with E-state index in [2.05, 4.69) is 5.32 Å². The minimum absolute atomic E-state index is 0.116. The van der Waals surface area contributed by atoms with Crippen molar-refractivity contribution in [3.63, 3.8) is 0 Å². The molecule has 0 aromatic heterocycles. The van der Waals surface area contributed by atoms with Gasteiger partial charge in [-0.3, -0.25) is 9.59 Å². The van der Waals surface area contributed by atoms with Crippen LogP contribution < -0.4 is 5.32 Å². The Kier molecular flexibility index (Phi) is 8.84. The van der Waals surface area contributed by atoms with E-state index in [4.69, 9.17) is 0 Å². The Labute approximate surface area is 225 Å². The molecule has 0 heterocycles. The van der Waals surface area contributed by atoms with Gasteiger partial charge < -0.3 is 10.2 Å². The number of benzene rings is 3. The molecule has 0 spiro atoms. The summed E-state index contributed by atoms with van der Waals surface area (Å²) < 4.78 is 27.8. The molecule has 1 N–H and O–H groups in total. The van der Waals surface area contributed by atoms with Gasteiger partial charge in [-0.05, 0) is 55.2 Å². The number of aryl methyl sites for hydroxylation is 1. The van der Waals surface area contributed by atoms with Crippen molar-refractivity contribution < 1.29 is 18.0 Å². The molecule has 7 nitrogen and oxygen atoms in total. The van der Waals surface area contributed by atoms with E-state index in [0.717, 1.165) is 51.9 Å². The van der Waals surface area contributed by atoms with Crippen LogP contribution in [0.15, 0.2) is 71.6 Å². The molecule has 0 radical (unpaired) electrons. The van der Waals surface area contributed by atoms with E-state index in [1.165, 1.54) is 18.4 Å². The first-order valence-corrected chi connectivity index (χ1v) is 14.7. The van der Waals surface area contributed by atoms with Crippen LogP contribution in [-0.2, 0) is 26.2 Å². The van der Waals surface area contributed by atoms with E-state index in [-0.39, 0.29) is 29.9 Å². The van der Waals surface area contributed by atoms with Crippen molar-refractivity contribution in [3.8, 4) is 0 Å². The lowest BCUT2D eigenvalue weighted by Gasteiger charge is -2.32. The minimum Gasteiger partial charge on any atom is -0.352 e. The molecule has 2 amide bonds. The summed E-state index contributed by atoms with van der Waals surface area (Å²) in [6, 6.07) is 19.6. The Morgan fingerprint density at radius 3 is 2.37 bits per heavy atom. The first-order chi connectivity index (χ1) is 18.1. The van der Waals surface area contributed by atoms with Crippen molar-refractivity contribution in [2.45, 2.75) is 69.5 Å². The van der Waals surface area contributed by atoms with E-state index in [9.17, 15) is 18.0 Å². The van der Waals surface area contributed by atoms with E-state index in [1.54, 1.807) is 25.1 Å². The number of nitrogens with zero attached hydrogens (tertiary/aromatic N) is 2. The van der Waals surface area contributed by atoms with Gasteiger partial charge in [-0.2, -0.15) is 4.31 Å². The van der Waals surface area contributed by atoms with Gasteiger partial charge in [0.05, 0.1) is 11.4 Å². The number of carbonyl (C=O) groups excluding carboxylic acids is 2. The second-order valence-corrected chi connectivity index (χ2v) is 12.3. The zero-order chi connectivity index (χ0) is 27.3. The van der Waals surface area contributed by atoms with Gasteiger partial charge in [-0.1, -0.05) is 79.4 Å². The Bertz CT molecular complexity index is 1400. The van der Waals surface area contributed by atoms with Crippen molar-refractivity contribution in [2.75, 3.05) is 13.6 Å². The summed E-state index contributed by atoms with van der Waals surface area (Å²) in [4.78, 5) is 28.4. The van der Waals surface area contributed by atoms with Crippen LogP contribution in [0.25, 0.3) is 10.8 Å². The van der Waals surface area contributed by atoms with E-state index in [0.29, 0.717) is 0 Å². The molecule has 1 aliphatic rings. The Hall–Kier alpha value is -3.23. The molecule has 0 saturated heterocycles. The van der Waals surface area contributed by atoms with Gasteiger partial charge in [0.1, 0.15) is 6.04 Å². The summed E-state index contributed by atoms with van der Waals surface area (Å²) in [5.41, 5.74) is 1.93. The molecule has 1 atom stereocenters. The number of carbonyl (C=O) groups is 2. The molecule has 38 heavy (non-hydrogen) atoms. The zero-order valence-electron chi connectivity index (χ0n) is 22.4. The Balaban J connectivity index is 1.54. The SMILES string of the molecule is Cc1cccc(CN(C(=O)CN(C)S(=O)(=O)c2ccc3ccccc3c2)[C@@H](C)C(=O)NC2CCCCC2)c1. The van der Waals surface area contributed by atoms with E-state index < -0.39 is 22.0 Å². The second-order valence-electron chi connectivity index (χ2n) is 10.3. The molecule has 3 aromatic rings. The fraction of sp³-hybridized carbons (Fsp3) is 0.400. The maximum atomic E-state index is 13.6. The lowest BCUT2D eigenvalue weighted by atomic mass is 9.95. The third-order valence-corrected chi connectivity index (χ3v) is 9.14. The molecule has 1 saturated carbocycles. The molecule has 3 aromatic carbocycles. The topological polar surface area (TPSA) is 86.8 Å². The standard InChI is InChI=1S/C30H37N3O4S/c1-22-10-9-11-24(18-22)20-33(23(2)30(35)31-27-14-5-4-6-15-27)29(34)21-32(3)38(36,37)28-17-16-25-12-7-8-13-26(25)19-28/h7-13,16-19,23,27H,4-6,14-15,20-21H2,1-3H3,(H,31,35)/t23-/m0/s1. The smallest absolute Gasteiger partial charge is 0.243 e. The highest BCUT2D eigenvalue weighted by atomic mass is 32.2. The summed E-state index contributed by atoms with van der Waals surface area (Å²) in [5, 5.41) is 4.86. The van der Waals surface area contributed by atoms with Gasteiger partial charge in [0.2, 0.25) is 21.8 Å². The number of hydrogen-bond donors (Lipinski definition) is 1. The number of nitrogens with one attached hydrogen (secondary N) is 1. The molecule has 8 heteroatoms. The van der Waals surface area contributed by atoms with Crippen LogP contribution >= 0.6 is 0 Å². The molecule has 1 fully saturated rings. The summed E-state index contributed by atoms with van der Waals surface area (Å²) >= 11 is 0. The predicted octanol–water partition coefficient (Wildman–Crippen LogP) is 4.63. The Morgan fingerprint density at radius 2 is 1.66 bits per heavy atom. The average Bonchev–Trinajstić information content (AvgIpc) is 2.91. The van der Waals surface area contributed by atoms with Crippen LogP contribution in [0.5, 0.6) is 0 Å². The highest BCUT2D eigenvalue weighted by Crippen LogP contribution is 2.22. The maximum absolute atomic E-state index is 13.6. The zero-order valence-corrected chi connectivity index (χ0v) is 23.2. The monoisotopic (exact) mass is 535 g/mol. The fourth-order valence-corrected chi connectivity index (χ4v) is 6.19. The number of likely N-dealkylation sites (N-methyl/N-ethyl adjacent to an activating group) is 1. The predicted molar refractivity (Wildman–Crippen MR) is 150 cm³/mol. The van der Waals surface area contributed by atoms with Crippen LogP contribution in [0.4, 0.5) is 0 Å². The van der Waals surface area contributed by atoms with Gasteiger partial charge in [-0.15, -0.1) is 0 Å².